The average molecular weight is 439 g/mol. The number of rotatable bonds is 7. The quantitative estimate of drug-likeness (QED) is 0.421. The van der Waals surface area contributed by atoms with Gasteiger partial charge in [-0.2, -0.15) is 0 Å². The van der Waals surface area contributed by atoms with Gasteiger partial charge < -0.3 is 9.88 Å². The highest BCUT2D eigenvalue weighted by atomic mass is 32.2. The molecule has 7 nitrogen and oxygen atoms in total. The summed E-state index contributed by atoms with van der Waals surface area (Å²) in [4.78, 5) is 21.2. The second kappa shape index (κ2) is 8.93. The summed E-state index contributed by atoms with van der Waals surface area (Å²) in [6.07, 6.45) is 4.42. The maximum absolute atomic E-state index is 12.5. The Morgan fingerprint density at radius 1 is 1.20 bits per heavy atom. The van der Waals surface area contributed by atoms with Crippen molar-refractivity contribution >= 4 is 44.4 Å². The number of aromatic nitrogens is 5. The minimum atomic E-state index is -0.107. The smallest absolute Gasteiger partial charge is 0.236 e. The molecule has 4 rings (SSSR count). The third-order valence-corrected chi connectivity index (χ3v) is 6.40. The van der Waals surface area contributed by atoms with Crippen molar-refractivity contribution in [1.29, 1.82) is 0 Å². The molecule has 4 aromatic rings. The molecule has 0 aliphatic carbocycles. The maximum Gasteiger partial charge on any atom is 0.236 e. The third kappa shape index (κ3) is 4.36. The van der Waals surface area contributed by atoms with Crippen LogP contribution in [0, 0.1) is 13.8 Å². The van der Waals surface area contributed by atoms with Crippen LogP contribution in [0.5, 0.6) is 0 Å². The molecule has 0 aliphatic rings. The van der Waals surface area contributed by atoms with Gasteiger partial charge in [-0.25, -0.2) is 4.98 Å². The summed E-state index contributed by atoms with van der Waals surface area (Å²) in [5, 5.41) is 12.9. The first-order valence-corrected chi connectivity index (χ1v) is 11.5. The number of carbonyl (C=O) groups is 1. The zero-order chi connectivity index (χ0) is 21.1. The minimum Gasteiger partial charge on any atom is -0.302 e. The number of benzene rings is 1. The lowest BCUT2D eigenvalue weighted by Crippen LogP contribution is -2.14. The van der Waals surface area contributed by atoms with Gasteiger partial charge in [0.25, 0.3) is 0 Å². The van der Waals surface area contributed by atoms with Crippen LogP contribution in [0.3, 0.4) is 0 Å². The van der Waals surface area contributed by atoms with Crippen molar-refractivity contribution in [2.24, 2.45) is 0 Å². The molecule has 1 N–H and O–H groups in total. The highest BCUT2D eigenvalue weighted by molar-refractivity contribution is 7.99. The lowest BCUT2D eigenvalue weighted by Gasteiger charge is -2.08. The van der Waals surface area contributed by atoms with Crippen molar-refractivity contribution in [2.75, 3.05) is 11.1 Å². The zero-order valence-electron chi connectivity index (χ0n) is 17.0. The van der Waals surface area contributed by atoms with Crippen molar-refractivity contribution in [3.8, 4) is 11.4 Å². The molecule has 0 bridgehead atoms. The summed E-state index contributed by atoms with van der Waals surface area (Å²) in [6, 6.07) is 8.02. The van der Waals surface area contributed by atoms with E-state index in [1.165, 1.54) is 28.7 Å². The molecular formula is C21H22N6OS2. The van der Waals surface area contributed by atoms with Crippen molar-refractivity contribution in [3.05, 3.63) is 47.8 Å². The van der Waals surface area contributed by atoms with Crippen LogP contribution >= 0.6 is 23.1 Å². The number of carbonyl (C=O) groups excluding carboxylic acids is 1. The van der Waals surface area contributed by atoms with Gasteiger partial charge >= 0.3 is 0 Å². The Bertz CT molecular complexity index is 1190. The van der Waals surface area contributed by atoms with Crippen LogP contribution in [0.1, 0.15) is 24.5 Å². The van der Waals surface area contributed by atoms with Crippen LogP contribution < -0.4 is 5.32 Å². The molecule has 9 heteroatoms. The van der Waals surface area contributed by atoms with E-state index in [-0.39, 0.29) is 11.7 Å². The van der Waals surface area contributed by atoms with E-state index in [1.807, 2.05) is 19.1 Å². The first kappa shape index (κ1) is 20.5. The van der Waals surface area contributed by atoms with Gasteiger partial charge in [0.15, 0.2) is 16.1 Å². The molecule has 0 fully saturated rings. The number of nitrogens with one attached hydrogen (secondary N) is 1. The SMILES string of the molecule is CCCn1c(SCC(=O)Nc2nc3c(C)cc(C)cc3s2)nnc1-c1ccncc1. The molecule has 0 saturated carbocycles. The number of amides is 1. The number of thiazole rings is 1. The Morgan fingerprint density at radius 3 is 2.77 bits per heavy atom. The van der Waals surface area contributed by atoms with Gasteiger partial charge in [0.05, 0.1) is 16.0 Å². The van der Waals surface area contributed by atoms with Gasteiger partial charge in [0.1, 0.15) is 0 Å². The fourth-order valence-electron chi connectivity index (χ4n) is 3.24. The van der Waals surface area contributed by atoms with E-state index in [4.69, 9.17) is 0 Å². The van der Waals surface area contributed by atoms with E-state index in [0.717, 1.165) is 45.3 Å². The van der Waals surface area contributed by atoms with E-state index >= 15 is 0 Å². The molecule has 0 spiro atoms. The van der Waals surface area contributed by atoms with Crippen molar-refractivity contribution in [2.45, 2.75) is 38.9 Å². The molecule has 0 unspecified atom stereocenters. The van der Waals surface area contributed by atoms with E-state index in [9.17, 15) is 4.79 Å². The minimum absolute atomic E-state index is 0.107. The summed E-state index contributed by atoms with van der Waals surface area (Å²) in [7, 11) is 0. The maximum atomic E-state index is 12.5. The Hall–Kier alpha value is -2.78. The topological polar surface area (TPSA) is 85.6 Å². The number of thioether (sulfide) groups is 1. The zero-order valence-corrected chi connectivity index (χ0v) is 18.7. The Kier molecular flexibility index (Phi) is 6.10. The third-order valence-electron chi connectivity index (χ3n) is 4.51. The lowest BCUT2D eigenvalue weighted by atomic mass is 10.1. The van der Waals surface area contributed by atoms with Crippen molar-refractivity contribution in [3.63, 3.8) is 0 Å². The number of aryl methyl sites for hydroxylation is 2. The number of hydrogen-bond donors (Lipinski definition) is 1. The summed E-state index contributed by atoms with van der Waals surface area (Å²) in [5.74, 6) is 0.927. The fraction of sp³-hybridized carbons (Fsp3) is 0.286. The number of pyridine rings is 1. The van der Waals surface area contributed by atoms with Crippen LogP contribution in [0.4, 0.5) is 5.13 Å². The van der Waals surface area contributed by atoms with Gasteiger partial charge in [-0.15, -0.1) is 10.2 Å². The van der Waals surface area contributed by atoms with E-state index in [0.29, 0.717) is 5.13 Å². The molecule has 1 aromatic carbocycles. The molecule has 0 atom stereocenters. The van der Waals surface area contributed by atoms with Gasteiger partial charge in [0.2, 0.25) is 5.91 Å². The highest BCUT2D eigenvalue weighted by Crippen LogP contribution is 2.30. The molecule has 30 heavy (non-hydrogen) atoms. The first-order valence-electron chi connectivity index (χ1n) is 9.69. The van der Waals surface area contributed by atoms with E-state index in [2.05, 4.69) is 56.0 Å². The second-order valence-electron chi connectivity index (χ2n) is 6.98. The normalized spacial score (nSPS) is 11.2. The van der Waals surface area contributed by atoms with Crippen molar-refractivity contribution < 1.29 is 4.79 Å². The fourth-order valence-corrected chi connectivity index (χ4v) is 5.07. The van der Waals surface area contributed by atoms with E-state index < -0.39 is 0 Å². The molecular weight excluding hydrogens is 416 g/mol. The predicted molar refractivity (Wildman–Crippen MR) is 122 cm³/mol. The summed E-state index contributed by atoms with van der Waals surface area (Å²) in [6.45, 7) is 6.99. The summed E-state index contributed by atoms with van der Waals surface area (Å²) in [5.41, 5.74) is 4.21. The van der Waals surface area contributed by atoms with E-state index in [1.54, 1.807) is 12.4 Å². The van der Waals surface area contributed by atoms with Gasteiger partial charge in [-0.3, -0.25) is 9.78 Å². The van der Waals surface area contributed by atoms with Crippen LogP contribution in [0.15, 0.2) is 41.8 Å². The van der Waals surface area contributed by atoms with Crippen LogP contribution in [-0.4, -0.2) is 36.4 Å². The standard InChI is InChI=1S/C21H22N6OS2/c1-4-9-27-19(15-5-7-22-8-6-15)25-26-21(27)29-12-17(28)23-20-24-18-14(3)10-13(2)11-16(18)30-20/h5-8,10-11H,4,9,12H2,1-3H3,(H,23,24,28). The molecule has 0 saturated heterocycles. The second-order valence-corrected chi connectivity index (χ2v) is 8.95. The number of nitrogens with zero attached hydrogens (tertiary/aromatic N) is 5. The number of anilines is 1. The Balaban J connectivity index is 1.46. The van der Waals surface area contributed by atoms with Gasteiger partial charge in [-0.05, 0) is 49.6 Å². The Morgan fingerprint density at radius 2 is 2.00 bits per heavy atom. The molecule has 0 radical (unpaired) electrons. The van der Waals surface area contributed by atoms with Gasteiger partial charge in [-0.1, -0.05) is 36.1 Å². The summed E-state index contributed by atoms with van der Waals surface area (Å²) >= 11 is 2.88. The Labute approximate surface area is 183 Å². The van der Waals surface area contributed by atoms with Crippen LogP contribution in [0.2, 0.25) is 0 Å². The van der Waals surface area contributed by atoms with Crippen LogP contribution in [0.25, 0.3) is 21.6 Å². The number of fused-ring (bicyclic) bond motifs is 1. The largest absolute Gasteiger partial charge is 0.302 e. The predicted octanol–water partition coefficient (Wildman–Crippen LogP) is 4.71. The molecule has 3 aromatic heterocycles. The van der Waals surface area contributed by atoms with Crippen LogP contribution in [-0.2, 0) is 11.3 Å². The first-order chi connectivity index (χ1) is 14.5. The molecule has 0 aliphatic heterocycles. The molecule has 3 heterocycles. The average Bonchev–Trinajstić information content (AvgIpc) is 3.31. The number of hydrogen-bond acceptors (Lipinski definition) is 7. The highest BCUT2D eigenvalue weighted by Gasteiger charge is 2.16. The van der Waals surface area contributed by atoms with Crippen molar-refractivity contribution in [1.82, 2.24) is 24.7 Å². The van der Waals surface area contributed by atoms with Gasteiger partial charge in [0, 0.05) is 24.5 Å². The summed E-state index contributed by atoms with van der Waals surface area (Å²) < 4.78 is 3.14. The molecule has 1 amide bonds. The lowest BCUT2D eigenvalue weighted by molar-refractivity contribution is -0.113. The molecule has 154 valence electrons. The monoisotopic (exact) mass is 438 g/mol.